The summed E-state index contributed by atoms with van der Waals surface area (Å²) in [5, 5.41) is 14.0. The molecule has 1 N–H and O–H groups in total. The van der Waals surface area contributed by atoms with Crippen molar-refractivity contribution in [2.45, 2.75) is 19.1 Å². The summed E-state index contributed by atoms with van der Waals surface area (Å²) in [6, 6.07) is 26.4. The Morgan fingerprint density at radius 1 is 0.897 bits per heavy atom. The van der Waals surface area contributed by atoms with Gasteiger partial charge >= 0.3 is 0 Å². The van der Waals surface area contributed by atoms with Crippen LogP contribution in [0.1, 0.15) is 22.8 Å². The number of nitrogens with zero attached hydrogens (tertiary/aromatic N) is 3. The largest absolute Gasteiger partial charge is 0.496 e. The fourth-order valence-corrected chi connectivity index (χ4v) is 3.26. The summed E-state index contributed by atoms with van der Waals surface area (Å²) in [4.78, 5) is 0. The van der Waals surface area contributed by atoms with Crippen LogP contribution in [0.2, 0.25) is 0 Å². The van der Waals surface area contributed by atoms with Gasteiger partial charge in [0.05, 0.1) is 19.8 Å². The van der Waals surface area contributed by atoms with Gasteiger partial charge in [-0.25, -0.2) is 5.10 Å². The van der Waals surface area contributed by atoms with Crippen molar-refractivity contribution in [3.8, 4) is 17.1 Å². The predicted octanol–water partition coefficient (Wildman–Crippen LogP) is 4.38. The van der Waals surface area contributed by atoms with Crippen LogP contribution in [0.5, 0.6) is 5.75 Å². The molecule has 0 saturated heterocycles. The molecule has 0 saturated carbocycles. The van der Waals surface area contributed by atoms with Gasteiger partial charge in [-0.1, -0.05) is 72.8 Å². The van der Waals surface area contributed by atoms with Crippen molar-refractivity contribution in [2.24, 2.45) is 0 Å². The van der Waals surface area contributed by atoms with Gasteiger partial charge in [0.15, 0.2) is 5.82 Å². The van der Waals surface area contributed by atoms with Crippen LogP contribution < -0.4 is 4.74 Å². The summed E-state index contributed by atoms with van der Waals surface area (Å²) in [5.41, 5.74) is 4.19. The lowest BCUT2D eigenvalue weighted by Crippen LogP contribution is -2.10. The molecule has 6 nitrogen and oxygen atoms in total. The third kappa shape index (κ3) is 4.67. The number of aromatic amines is 1. The second kappa shape index (κ2) is 9.12. The Morgan fingerprint density at radius 2 is 1.62 bits per heavy atom. The number of nitrogens with one attached hydrogen (secondary N) is 1. The molecular formula is C23H22N4O2. The van der Waals surface area contributed by atoms with Gasteiger partial charge in [-0.05, 0) is 27.6 Å². The molecule has 0 fully saturated rings. The summed E-state index contributed by atoms with van der Waals surface area (Å²) in [6.07, 6.45) is 0.585. The van der Waals surface area contributed by atoms with Crippen molar-refractivity contribution >= 4 is 0 Å². The van der Waals surface area contributed by atoms with Gasteiger partial charge in [-0.15, -0.1) is 5.10 Å². The number of rotatable bonds is 8. The summed E-state index contributed by atoms with van der Waals surface area (Å²) >= 11 is 0. The van der Waals surface area contributed by atoms with E-state index >= 15 is 0 Å². The maximum atomic E-state index is 6.36. The van der Waals surface area contributed by atoms with Gasteiger partial charge < -0.3 is 9.47 Å². The number of hydrogen-bond acceptors (Lipinski definition) is 5. The van der Waals surface area contributed by atoms with Crippen LogP contribution in [0.4, 0.5) is 0 Å². The van der Waals surface area contributed by atoms with E-state index in [9.17, 15) is 0 Å². The number of aromatic nitrogens is 4. The van der Waals surface area contributed by atoms with Crippen molar-refractivity contribution in [2.75, 3.05) is 7.11 Å². The normalized spacial score (nSPS) is 11.9. The highest BCUT2D eigenvalue weighted by atomic mass is 16.5. The summed E-state index contributed by atoms with van der Waals surface area (Å²) in [7, 11) is 1.66. The minimum atomic E-state index is -0.158. The van der Waals surface area contributed by atoms with Gasteiger partial charge in [-0.3, -0.25) is 0 Å². The number of benzene rings is 3. The highest BCUT2D eigenvalue weighted by molar-refractivity contribution is 5.59. The smallest absolute Gasteiger partial charge is 0.179 e. The SMILES string of the molecule is COc1cc(-c2nnn[nH]2)ccc1C(Cc1ccccc1)OCc1ccccc1. The molecule has 4 aromatic rings. The van der Waals surface area contributed by atoms with Crippen molar-refractivity contribution in [1.29, 1.82) is 0 Å². The van der Waals surface area contributed by atoms with E-state index in [0.29, 0.717) is 12.4 Å². The number of hydrogen-bond donors (Lipinski definition) is 1. The average Bonchev–Trinajstić information content (AvgIpc) is 3.33. The Balaban J connectivity index is 1.63. The monoisotopic (exact) mass is 386 g/mol. The highest BCUT2D eigenvalue weighted by Gasteiger charge is 2.19. The number of ether oxygens (including phenoxy) is 2. The fraction of sp³-hybridized carbons (Fsp3) is 0.174. The molecule has 1 atom stereocenters. The lowest BCUT2D eigenvalue weighted by atomic mass is 9.98. The van der Waals surface area contributed by atoms with E-state index in [0.717, 1.165) is 28.9 Å². The number of H-pyrrole nitrogens is 1. The number of methoxy groups -OCH3 is 1. The zero-order valence-electron chi connectivity index (χ0n) is 16.2. The van der Waals surface area contributed by atoms with Gasteiger partial charge in [-0.2, -0.15) is 0 Å². The van der Waals surface area contributed by atoms with E-state index in [2.05, 4.69) is 44.9 Å². The molecule has 0 radical (unpaired) electrons. The average molecular weight is 386 g/mol. The van der Waals surface area contributed by atoms with Crippen LogP contribution in [0, 0.1) is 0 Å². The predicted molar refractivity (Wildman–Crippen MR) is 110 cm³/mol. The molecule has 0 aliphatic rings. The topological polar surface area (TPSA) is 72.9 Å². The van der Waals surface area contributed by atoms with Gasteiger partial charge in [0, 0.05) is 17.5 Å². The Bertz CT molecular complexity index is 1020. The first-order valence-corrected chi connectivity index (χ1v) is 9.45. The molecule has 3 aromatic carbocycles. The lowest BCUT2D eigenvalue weighted by Gasteiger charge is -2.21. The quantitative estimate of drug-likeness (QED) is 0.487. The van der Waals surface area contributed by atoms with Crippen LogP contribution in [-0.4, -0.2) is 27.7 Å². The first kappa shape index (κ1) is 18.8. The highest BCUT2D eigenvalue weighted by Crippen LogP contribution is 2.34. The maximum Gasteiger partial charge on any atom is 0.179 e. The number of tetrazole rings is 1. The fourth-order valence-electron chi connectivity index (χ4n) is 3.26. The second-order valence-corrected chi connectivity index (χ2v) is 6.68. The molecule has 0 bridgehead atoms. The molecule has 1 aromatic heterocycles. The zero-order chi connectivity index (χ0) is 19.9. The van der Waals surface area contributed by atoms with Crippen molar-refractivity contribution < 1.29 is 9.47 Å². The molecule has 0 spiro atoms. The summed E-state index contributed by atoms with van der Waals surface area (Å²) in [6.45, 7) is 0.523. The van der Waals surface area contributed by atoms with Crippen molar-refractivity contribution in [3.63, 3.8) is 0 Å². The third-order valence-electron chi connectivity index (χ3n) is 4.76. The Labute approximate surface area is 169 Å². The van der Waals surface area contributed by atoms with Crippen molar-refractivity contribution in [1.82, 2.24) is 20.6 Å². The molecule has 4 rings (SSSR count). The first-order valence-electron chi connectivity index (χ1n) is 9.45. The minimum absolute atomic E-state index is 0.158. The molecule has 0 amide bonds. The molecule has 146 valence electrons. The van der Waals surface area contributed by atoms with E-state index in [-0.39, 0.29) is 6.10 Å². The summed E-state index contributed by atoms with van der Waals surface area (Å²) in [5.74, 6) is 1.34. The first-order chi connectivity index (χ1) is 14.3. The second-order valence-electron chi connectivity index (χ2n) is 6.68. The lowest BCUT2D eigenvalue weighted by molar-refractivity contribution is 0.0383. The Morgan fingerprint density at radius 3 is 2.28 bits per heavy atom. The van der Waals surface area contributed by atoms with Crippen LogP contribution in [0.15, 0.2) is 78.9 Å². The molecular weight excluding hydrogens is 364 g/mol. The molecule has 6 heteroatoms. The van der Waals surface area contributed by atoms with Crippen LogP contribution >= 0.6 is 0 Å². The van der Waals surface area contributed by atoms with E-state index < -0.39 is 0 Å². The van der Waals surface area contributed by atoms with E-state index in [4.69, 9.17) is 9.47 Å². The Kier molecular flexibility index (Phi) is 5.92. The van der Waals surface area contributed by atoms with E-state index in [1.165, 1.54) is 5.56 Å². The minimum Gasteiger partial charge on any atom is -0.496 e. The van der Waals surface area contributed by atoms with Crippen LogP contribution in [0.3, 0.4) is 0 Å². The van der Waals surface area contributed by atoms with E-state index in [1.807, 2.05) is 54.6 Å². The molecule has 1 heterocycles. The maximum absolute atomic E-state index is 6.36. The van der Waals surface area contributed by atoms with Crippen LogP contribution in [-0.2, 0) is 17.8 Å². The molecule has 0 aliphatic heterocycles. The zero-order valence-corrected chi connectivity index (χ0v) is 16.2. The standard InChI is InChI=1S/C23H22N4O2/c1-28-21-15-19(23-24-26-27-25-23)12-13-20(21)22(14-17-8-4-2-5-9-17)29-16-18-10-6-3-7-11-18/h2-13,15,22H,14,16H2,1H3,(H,24,25,26,27). The third-order valence-corrected chi connectivity index (χ3v) is 4.76. The molecule has 0 aliphatic carbocycles. The van der Waals surface area contributed by atoms with Gasteiger partial charge in [0.2, 0.25) is 0 Å². The van der Waals surface area contributed by atoms with E-state index in [1.54, 1.807) is 7.11 Å². The molecule has 1 unspecified atom stereocenters. The molecule has 29 heavy (non-hydrogen) atoms. The van der Waals surface area contributed by atoms with Gasteiger partial charge in [0.1, 0.15) is 5.75 Å². The van der Waals surface area contributed by atoms with Crippen LogP contribution in [0.25, 0.3) is 11.4 Å². The summed E-state index contributed by atoms with van der Waals surface area (Å²) < 4.78 is 12.1. The Hall–Kier alpha value is -3.51. The van der Waals surface area contributed by atoms with Crippen molar-refractivity contribution in [3.05, 3.63) is 95.6 Å². The van der Waals surface area contributed by atoms with Gasteiger partial charge in [0.25, 0.3) is 0 Å².